The molecule has 6 aliphatic rings. The lowest BCUT2D eigenvalue weighted by molar-refractivity contribution is -0.201. The Hall–Kier alpha value is -10.6. The van der Waals surface area contributed by atoms with E-state index in [1.165, 1.54) is 12.1 Å². The molecule has 11 atom stereocenters. The molecule has 4 aromatic rings. The lowest BCUT2D eigenvalue weighted by atomic mass is 9.46. The van der Waals surface area contributed by atoms with Gasteiger partial charge in [0.1, 0.15) is 44.3 Å². The van der Waals surface area contributed by atoms with Crippen molar-refractivity contribution >= 4 is 92.4 Å². The number of para-hydroxylation sites is 1. The van der Waals surface area contributed by atoms with Crippen molar-refractivity contribution < 1.29 is 132 Å². The number of amides is 11. The zero-order valence-electron chi connectivity index (χ0n) is 77.2. The number of ketones is 2. The van der Waals surface area contributed by atoms with Gasteiger partial charge in [-0.1, -0.05) is 112 Å². The number of urea groups is 1. The summed E-state index contributed by atoms with van der Waals surface area (Å²) in [5, 5.41) is 44.3. The third kappa shape index (κ3) is 31.2. The third-order valence-electron chi connectivity index (χ3n) is 24.7. The first-order valence-electron chi connectivity index (χ1n) is 46.0. The Labute approximate surface area is 784 Å². The first-order valence-corrected chi connectivity index (χ1v) is 47.6. The van der Waals surface area contributed by atoms with Gasteiger partial charge in [0.25, 0.3) is 10.1 Å². The Morgan fingerprint density at radius 2 is 1.27 bits per heavy atom. The number of aliphatic hydroxyl groups is 1. The lowest BCUT2D eigenvalue weighted by Crippen LogP contribution is -2.63. The van der Waals surface area contributed by atoms with Gasteiger partial charge in [-0.25, -0.2) is 14.3 Å². The Balaban J connectivity index is 0.538. The molecule has 3 heterocycles. The summed E-state index contributed by atoms with van der Waals surface area (Å²) in [6.45, 7) is 12.1. The SMILES string of the molecule is CCCC1O[C@@H]2C[C@H]3[C@@H]4CCC5=CC(=O)C=C[C@]5(C)[C@H]4[C@@H](O)C[C@]3(C)[C@]2(C(=O)COCNC(=O)CNC(=O)CNC(=O)OCc2ccc(NC(=O)[C@H](CCCNC(N)=O)NC(=O)[C@@H](NC(=O)CCOCCOCCOCCOCCNC(=O)CCC(=O)N3Cc4ccccc4-c4c(nnn4CCOCCOCCOCCOCCC(=O)NCCS(=O)(=O)O)-c4ccccc43)C(C)C)cc2)O1. The zero-order chi connectivity index (χ0) is 96.9. The first kappa shape index (κ1) is 106. The zero-order valence-corrected chi connectivity index (χ0v) is 78.0. The topological polar surface area (TPSA) is 558 Å². The van der Waals surface area contributed by atoms with Crippen molar-refractivity contribution in [1.29, 1.82) is 0 Å². The number of allylic oxidation sites excluding steroid dienone is 4. The van der Waals surface area contributed by atoms with Crippen LogP contribution in [0.2, 0.25) is 0 Å². The van der Waals surface area contributed by atoms with E-state index in [1.54, 1.807) is 47.7 Å². The van der Waals surface area contributed by atoms with Crippen molar-refractivity contribution in [3.8, 4) is 22.5 Å². The molecule has 0 bridgehead atoms. The number of fused-ring (bicyclic) bond motifs is 12. The number of hydrogen-bond donors (Lipinski definition) is 12. The van der Waals surface area contributed by atoms with Crippen LogP contribution < -0.4 is 58.5 Å². The number of nitrogens with zero attached hydrogens (tertiary/aromatic N) is 4. The van der Waals surface area contributed by atoms with E-state index in [-0.39, 0.29) is 198 Å². The number of hydrogen-bond acceptors (Lipinski definition) is 29. The van der Waals surface area contributed by atoms with E-state index < -0.39 is 136 Å². The maximum Gasteiger partial charge on any atom is 0.407 e. The minimum Gasteiger partial charge on any atom is -0.445 e. The van der Waals surface area contributed by atoms with Gasteiger partial charge in [0.05, 0.1) is 155 Å². The number of rotatable bonds is 59. The second-order valence-electron chi connectivity index (χ2n) is 34.4. The number of Topliss-reactive ketones (excluding diaryl/α,β-unsaturated/α-hetero) is 1. The number of aromatic nitrogens is 3. The Kier molecular flexibility index (Phi) is 41.9. The van der Waals surface area contributed by atoms with E-state index in [4.69, 9.17) is 67.1 Å². The molecule has 1 unspecified atom stereocenters. The van der Waals surface area contributed by atoms with E-state index in [1.807, 2.05) is 68.5 Å². The van der Waals surface area contributed by atoms with Crippen molar-refractivity contribution in [2.45, 2.75) is 168 Å². The fourth-order valence-corrected chi connectivity index (χ4v) is 18.5. The molecule has 135 heavy (non-hydrogen) atoms. The third-order valence-corrected chi connectivity index (χ3v) is 25.4. The fraction of sp³-hybridized carbons (Fsp3) is 0.609. The number of nitrogens with two attached hydrogens (primary N) is 1. The second kappa shape index (κ2) is 53.2. The van der Waals surface area contributed by atoms with Crippen LogP contribution >= 0.6 is 0 Å². The minimum absolute atomic E-state index is 0.0135. The number of aliphatic hydroxyl groups excluding tert-OH is 1. The van der Waals surface area contributed by atoms with Crippen LogP contribution in [0.15, 0.2) is 96.6 Å². The molecule has 0 spiro atoms. The van der Waals surface area contributed by atoms with Crippen molar-refractivity contribution in [2.75, 3.05) is 168 Å². The highest BCUT2D eigenvalue weighted by molar-refractivity contribution is 7.85. The lowest BCUT2D eigenvalue weighted by Gasteiger charge is -2.59. The van der Waals surface area contributed by atoms with E-state index in [2.05, 4.69) is 65.1 Å². The van der Waals surface area contributed by atoms with Crippen LogP contribution in [0.5, 0.6) is 0 Å². The van der Waals surface area contributed by atoms with Gasteiger partial charge in [0.2, 0.25) is 47.3 Å². The summed E-state index contributed by atoms with van der Waals surface area (Å²) in [5.41, 5.74) is 8.75. The molecule has 0 radical (unpaired) electrons. The maximum absolute atomic E-state index is 14.6. The van der Waals surface area contributed by atoms with Crippen molar-refractivity contribution in [3.63, 3.8) is 0 Å². The summed E-state index contributed by atoms with van der Waals surface area (Å²) in [5.74, 6) is -5.61. The smallest absolute Gasteiger partial charge is 0.407 e. The quantitative estimate of drug-likeness (QED) is 0.0172. The number of carbonyl (C=O) groups excluding carboxylic acids is 12. The number of anilines is 2. The van der Waals surface area contributed by atoms with Crippen molar-refractivity contribution in [2.24, 2.45) is 40.2 Å². The van der Waals surface area contributed by atoms with Crippen LogP contribution in [0.25, 0.3) is 22.5 Å². The molecule has 3 saturated carbocycles. The number of primary amides is 1. The summed E-state index contributed by atoms with van der Waals surface area (Å²) in [4.78, 5) is 158. The van der Waals surface area contributed by atoms with Crippen LogP contribution in [0.1, 0.15) is 123 Å². The largest absolute Gasteiger partial charge is 0.445 e. The molecule has 13 N–H and O–H groups in total. The standard InChI is InChI=1S/C92H130N14O28S/c1-6-12-81-133-74-52-69-67-23-20-63-51-65(107)26-29-90(63,4)82(67)72(108)53-91(69,5)92(74,134-81)73(109)58-131-59-99-79(114)54-97-78(113)55-98-89(119)132-57-61-18-21-64(22-19-61)100-86(116)70(16-11-30-96-88(93)118)101-87(117)83(60(2)3)102-77(112)28-35-124-39-43-128-46-48-129-44-40-125-36-31-94-75(110)24-25-80(115)105-56-62-13-7-8-14-66(62)85-84(68-15-9-10-17-71(68)105)103-104-106(85)33-37-126-41-45-130-49-47-127-42-38-123-34-27-76(111)95-32-50-135(120,121)122/h7-10,13-15,17-19,21-22,26,29,51,60,67,69-70,72,74,81-83,108H,6,11-12,16,20,23-25,27-28,30-50,52-59H2,1-5H3,(H,94,110)(H,95,111)(H,97,113)(H,98,119)(H,99,114)(H,100,116)(H,101,117)(H,102,112)(H3,93,96,118)(H,120,121,122)/t67-,69-,70-,72-,74+,81?,82+,83-,90-,91-,92+/m0/s1. The highest BCUT2D eigenvalue weighted by Gasteiger charge is 2.76. The Morgan fingerprint density at radius 3 is 1.94 bits per heavy atom. The molecular weight excluding hydrogens is 1780 g/mol. The van der Waals surface area contributed by atoms with Gasteiger partial charge < -0.3 is 120 Å². The molecule has 43 heteroatoms. The molecule has 742 valence electrons. The normalized spacial score (nSPS) is 21.1. The van der Waals surface area contributed by atoms with Crippen LogP contribution in [-0.2, 0) is 135 Å². The van der Waals surface area contributed by atoms with Crippen LogP contribution in [0, 0.1) is 34.5 Å². The van der Waals surface area contributed by atoms with Crippen molar-refractivity contribution in [1.82, 2.24) is 57.5 Å². The van der Waals surface area contributed by atoms with Crippen LogP contribution in [0.4, 0.5) is 21.0 Å². The molecule has 3 aromatic carbocycles. The predicted molar refractivity (Wildman–Crippen MR) is 486 cm³/mol. The molecule has 42 nitrogen and oxygen atoms in total. The number of alkyl carbamates (subject to hydrolysis) is 1. The molecule has 11 amide bonds. The van der Waals surface area contributed by atoms with E-state index in [9.17, 15) is 71.1 Å². The molecule has 1 saturated heterocycles. The Morgan fingerprint density at radius 1 is 0.659 bits per heavy atom. The monoisotopic (exact) mass is 1910 g/mol. The van der Waals surface area contributed by atoms with Gasteiger partial charge in [-0.15, -0.1) is 5.10 Å². The highest BCUT2D eigenvalue weighted by Crippen LogP contribution is 2.70. The average Bonchev–Trinajstić information content (AvgIpc) is 1.51. The number of nitrogens with one attached hydrogen (secondary N) is 9. The summed E-state index contributed by atoms with van der Waals surface area (Å²) in [6, 6.07) is 18.4. The first-order chi connectivity index (χ1) is 64.9. The average molecular weight is 1910 g/mol. The minimum atomic E-state index is -4.15. The maximum atomic E-state index is 14.6. The summed E-state index contributed by atoms with van der Waals surface area (Å²) in [6.07, 6.45) is 5.99. The molecule has 1 aromatic heterocycles. The second-order valence-corrected chi connectivity index (χ2v) is 36.0. The van der Waals surface area contributed by atoms with Gasteiger partial charge in [0.15, 0.2) is 23.5 Å². The predicted octanol–water partition coefficient (Wildman–Crippen LogP) is 3.16. The van der Waals surface area contributed by atoms with Gasteiger partial charge in [-0.2, -0.15) is 8.42 Å². The van der Waals surface area contributed by atoms with E-state index >= 15 is 0 Å². The summed E-state index contributed by atoms with van der Waals surface area (Å²) in [7, 11) is -4.15. The molecular formula is C92H130N14O28S. The van der Waals surface area contributed by atoms with Crippen LogP contribution in [-0.4, -0.2) is 298 Å². The molecule has 4 aliphatic carbocycles. The van der Waals surface area contributed by atoms with Gasteiger partial charge in [-0.05, 0) is 104 Å². The van der Waals surface area contributed by atoms with Crippen LogP contribution in [0.3, 0.4) is 0 Å². The molecule has 4 fully saturated rings. The van der Waals surface area contributed by atoms with E-state index in [0.29, 0.717) is 87.0 Å². The van der Waals surface area contributed by atoms with E-state index in [0.717, 1.165) is 35.2 Å². The van der Waals surface area contributed by atoms with Gasteiger partial charge in [-0.3, -0.25) is 52.5 Å². The van der Waals surface area contributed by atoms with Gasteiger partial charge >= 0.3 is 12.1 Å². The number of ether oxygens (including phenoxy) is 12. The number of carbonyl (C=O) groups is 12. The molecule has 10 rings (SSSR count). The summed E-state index contributed by atoms with van der Waals surface area (Å²) < 4.78 is 101. The Bertz CT molecular complexity index is 4850. The fourth-order valence-electron chi connectivity index (χ4n) is 18.1. The van der Waals surface area contributed by atoms with Crippen molar-refractivity contribution in [3.05, 3.63) is 108 Å². The highest BCUT2D eigenvalue weighted by atomic mass is 32.2. The summed E-state index contributed by atoms with van der Waals surface area (Å²) >= 11 is 0. The van der Waals surface area contributed by atoms with Gasteiger partial charge in [0, 0.05) is 78.9 Å². The number of benzene rings is 3. The molecule has 2 aliphatic heterocycles.